The minimum absolute atomic E-state index is 0.0948. The van der Waals surface area contributed by atoms with Crippen molar-refractivity contribution in [1.29, 1.82) is 0 Å². The third-order valence-electron chi connectivity index (χ3n) is 6.95. The molecule has 1 fully saturated rings. The zero-order valence-corrected chi connectivity index (χ0v) is 22.4. The number of benzene rings is 2. The minimum Gasteiger partial charge on any atom is -0.494 e. The van der Waals surface area contributed by atoms with Crippen molar-refractivity contribution in [3.63, 3.8) is 0 Å². The maximum Gasteiger partial charge on any atom is 0.255 e. The van der Waals surface area contributed by atoms with Crippen LogP contribution in [0.4, 0.5) is 15.9 Å². The summed E-state index contributed by atoms with van der Waals surface area (Å²) in [5.41, 5.74) is 4.06. The van der Waals surface area contributed by atoms with Crippen molar-refractivity contribution < 1.29 is 13.9 Å². The fourth-order valence-electron chi connectivity index (χ4n) is 4.84. The van der Waals surface area contributed by atoms with Gasteiger partial charge in [-0.1, -0.05) is 11.6 Å². The van der Waals surface area contributed by atoms with E-state index in [1.807, 2.05) is 15.5 Å². The van der Waals surface area contributed by atoms with Gasteiger partial charge in [-0.05, 0) is 36.4 Å². The minimum atomic E-state index is -0.456. The Balaban J connectivity index is 1.16. The van der Waals surface area contributed by atoms with Gasteiger partial charge < -0.3 is 19.9 Å². The highest BCUT2D eigenvalue weighted by Crippen LogP contribution is 2.30. The summed E-state index contributed by atoms with van der Waals surface area (Å²) in [6.07, 6.45) is 8.53. The number of nitrogens with one attached hydrogen (secondary N) is 2. The van der Waals surface area contributed by atoms with Crippen molar-refractivity contribution in [2.45, 2.75) is 6.54 Å². The molecule has 12 heteroatoms. The van der Waals surface area contributed by atoms with Gasteiger partial charge in [-0.25, -0.2) is 19.3 Å². The van der Waals surface area contributed by atoms with Gasteiger partial charge in [0.05, 0.1) is 35.9 Å². The molecule has 10 nitrogen and oxygen atoms in total. The number of methoxy groups -OCH3 is 1. The normalized spacial score (nSPS) is 14.0. The lowest BCUT2D eigenvalue weighted by Crippen LogP contribution is -2.48. The number of aromatic nitrogens is 5. The van der Waals surface area contributed by atoms with E-state index in [1.54, 1.807) is 55.2 Å². The number of hydrogen-bond donors (Lipinski definition) is 2. The Morgan fingerprint density at radius 2 is 1.98 bits per heavy atom. The largest absolute Gasteiger partial charge is 0.494 e. The smallest absolute Gasteiger partial charge is 0.255 e. The molecule has 40 heavy (non-hydrogen) atoms. The van der Waals surface area contributed by atoms with Crippen molar-refractivity contribution in [3.05, 3.63) is 89.6 Å². The number of H-pyrrole nitrogens is 1. The quantitative estimate of drug-likeness (QED) is 0.299. The molecule has 1 aliphatic heterocycles. The first-order valence-corrected chi connectivity index (χ1v) is 13.1. The number of ether oxygens (including phenoxy) is 1. The van der Waals surface area contributed by atoms with E-state index in [0.717, 1.165) is 25.3 Å². The molecular formula is C28H26ClFN8O2. The van der Waals surface area contributed by atoms with Crippen molar-refractivity contribution in [2.24, 2.45) is 0 Å². The summed E-state index contributed by atoms with van der Waals surface area (Å²) in [7, 11) is 1.43. The lowest BCUT2D eigenvalue weighted by molar-refractivity contribution is 0.0627. The number of carbonyl (C=O) groups is 1. The van der Waals surface area contributed by atoms with Crippen molar-refractivity contribution >= 4 is 34.7 Å². The summed E-state index contributed by atoms with van der Waals surface area (Å²) in [5.74, 6) is 0.115. The van der Waals surface area contributed by atoms with E-state index in [4.69, 9.17) is 16.3 Å². The number of imidazole rings is 2. The van der Waals surface area contributed by atoms with Gasteiger partial charge in [0, 0.05) is 68.3 Å². The van der Waals surface area contributed by atoms with Gasteiger partial charge in [0.15, 0.2) is 23.0 Å². The highest BCUT2D eigenvalue weighted by molar-refractivity contribution is 6.34. The number of piperazine rings is 1. The molecule has 3 aromatic heterocycles. The van der Waals surface area contributed by atoms with E-state index in [1.165, 1.54) is 13.2 Å². The van der Waals surface area contributed by atoms with Crippen molar-refractivity contribution in [3.8, 4) is 17.0 Å². The Kier molecular flexibility index (Phi) is 7.06. The highest BCUT2D eigenvalue weighted by atomic mass is 35.5. The Morgan fingerprint density at radius 1 is 1.12 bits per heavy atom. The fraction of sp³-hybridized carbons (Fsp3) is 0.214. The average molecular weight is 561 g/mol. The Labute approximate surface area is 234 Å². The lowest BCUT2D eigenvalue weighted by atomic mass is 10.1. The second-order valence-corrected chi connectivity index (χ2v) is 9.83. The Bertz CT molecular complexity index is 1660. The number of carbonyl (C=O) groups excluding carboxylic acids is 1. The van der Waals surface area contributed by atoms with Crippen LogP contribution < -0.4 is 10.1 Å². The number of aromatic amines is 1. The molecular weight excluding hydrogens is 535 g/mol. The molecule has 0 unspecified atom stereocenters. The molecule has 1 aliphatic rings. The van der Waals surface area contributed by atoms with Gasteiger partial charge in [0.1, 0.15) is 0 Å². The maximum absolute atomic E-state index is 14.3. The van der Waals surface area contributed by atoms with E-state index in [-0.39, 0.29) is 11.7 Å². The average Bonchev–Trinajstić information content (AvgIpc) is 3.64. The van der Waals surface area contributed by atoms with E-state index in [2.05, 4.69) is 30.2 Å². The van der Waals surface area contributed by atoms with Crippen molar-refractivity contribution in [1.82, 2.24) is 34.1 Å². The zero-order chi connectivity index (χ0) is 27.6. The summed E-state index contributed by atoms with van der Waals surface area (Å²) in [6, 6.07) is 9.98. The van der Waals surface area contributed by atoms with Crippen LogP contribution in [-0.2, 0) is 6.54 Å². The van der Waals surface area contributed by atoms with Gasteiger partial charge in [-0.15, -0.1) is 0 Å². The number of fused-ring (bicyclic) bond motifs is 1. The summed E-state index contributed by atoms with van der Waals surface area (Å²) >= 11 is 6.58. The van der Waals surface area contributed by atoms with Gasteiger partial charge in [0.2, 0.25) is 0 Å². The molecule has 0 atom stereocenters. The first-order chi connectivity index (χ1) is 19.5. The lowest BCUT2D eigenvalue weighted by Gasteiger charge is -2.34. The summed E-state index contributed by atoms with van der Waals surface area (Å²) < 4.78 is 21.2. The van der Waals surface area contributed by atoms with E-state index in [9.17, 15) is 9.18 Å². The van der Waals surface area contributed by atoms with Crippen LogP contribution in [-0.4, -0.2) is 73.3 Å². The van der Waals surface area contributed by atoms with E-state index >= 15 is 0 Å². The molecule has 1 saturated heterocycles. The van der Waals surface area contributed by atoms with E-state index < -0.39 is 5.82 Å². The number of hydrogen-bond acceptors (Lipinski definition) is 7. The predicted molar refractivity (Wildman–Crippen MR) is 149 cm³/mol. The molecule has 0 aliphatic carbocycles. The van der Waals surface area contributed by atoms with Crippen LogP contribution in [0.3, 0.4) is 0 Å². The molecule has 0 spiro atoms. The molecule has 5 aromatic rings. The molecule has 2 aromatic carbocycles. The third kappa shape index (κ3) is 5.08. The second-order valence-electron chi connectivity index (χ2n) is 9.43. The highest BCUT2D eigenvalue weighted by Gasteiger charge is 2.24. The number of nitrogens with zero attached hydrogens (tertiary/aromatic N) is 6. The number of anilines is 2. The second kappa shape index (κ2) is 10.9. The molecule has 0 radical (unpaired) electrons. The van der Waals surface area contributed by atoms with Gasteiger partial charge in [0.25, 0.3) is 5.91 Å². The molecule has 204 valence electrons. The molecule has 4 heterocycles. The van der Waals surface area contributed by atoms with Gasteiger partial charge >= 0.3 is 0 Å². The fourth-order valence-corrected chi connectivity index (χ4v) is 5.10. The summed E-state index contributed by atoms with van der Waals surface area (Å²) in [6.45, 7) is 3.56. The van der Waals surface area contributed by atoms with Crippen LogP contribution in [0.1, 0.15) is 16.1 Å². The first kappa shape index (κ1) is 25.8. The standard InChI is InChI=1S/C28H26ClFN8O2/c1-40-25-5-2-18(12-23(25)30)24-15-33-27-26(32-6-7-38(24)27)35-19-3-4-21(22(29)13-19)28(39)37-10-8-36(9-11-37)16-20-14-31-17-34-20/h2-7,12-15,17H,8-11,16H2,1H3,(H,31,34)(H,32,35). The predicted octanol–water partition coefficient (Wildman–Crippen LogP) is 4.62. The van der Waals surface area contributed by atoms with Crippen molar-refractivity contribution in [2.75, 3.05) is 38.6 Å². The van der Waals surface area contributed by atoms with E-state index in [0.29, 0.717) is 52.1 Å². The van der Waals surface area contributed by atoms with Crippen LogP contribution in [0, 0.1) is 5.82 Å². The van der Waals surface area contributed by atoms with Gasteiger partial charge in [-0.2, -0.15) is 0 Å². The zero-order valence-electron chi connectivity index (χ0n) is 21.6. The number of rotatable bonds is 7. The monoisotopic (exact) mass is 560 g/mol. The van der Waals surface area contributed by atoms with Crippen LogP contribution in [0.25, 0.3) is 16.9 Å². The topological polar surface area (TPSA) is 104 Å². The molecule has 6 rings (SSSR count). The van der Waals surface area contributed by atoms with Crippen LogP contribution >= 0.6 is 11.6 Å². The number of amides is 1. The Hall–Kier alpha value is -4.48. The van der Waals surface area contributed by atoms with Crippen LogP contribution in [0.5, 0.6) is 5.75 Å². The molecule has 2 N–H and O–H groups in total. The maximum atomic E-state index is 14.3. The van der Waals surface area contributed by atoms with Gasteiger partial charge in [-0.3, -0.25) is 14.1 Å². The van der Waals surface area contributed by atoms with Crippen LogP contribution in [0.15, 0.2) is 67.5 Å². The van der Waals surface area contributed by atoms with Crippen LogP contribution in [0.2, 0.25) is 5.02 Å². The molecule has 0 saturated carbocycles. The number of halogens is 2. The molecule has 0 bridgehead atoms. The molecule has 1 amide bonds. The summed E-state index contributed by atoms with van der Waals surface area (Å²) in [4.78, 5) is 33.4. The first-order valence-electron chi connectivity index (χ1n) is 12.7. The summed E-state index contributed by atoms with van der Waals surface area (Å²) in [5, 5.41) is 3.59. The Morgan fingerprint density at radius 3 is 2.70 bits per heavy atom. The SMILES string of the molecule is COc1ccc(-c2cnc3c(Nc4ccc(C(=O)N5CCN(Cc6cnc[nH]6)CC5)c(Cl)c4)nccn23)cc1F. The third-order valence-corrected chi connectivity index (χ3v) is 7.26.